The van der Waals surface area contributed by atoms with Crippen LogP contribution in [-0.2, 0) is 0 Å². The lowest BCUT2D eigenvalue weighted by Crippen LogP contribution is -2.31. The second kappa shape index (κ2) is 4.61. The molecule has 18 heavy (non-hydrogen) atoms. The molecule has 4 heteroatoms. The van der Waals surface area contributed by atoms with E-state index in [0.717, 1.165) is 24.0 Å². The summed E-state index contributed by atoms with van der Waals surface area (Å²) in [6.45, 7) is 2.28. The van der Waals surface area contributed by atoms with Crippen LogP contribution < -0.4 is 5.73 Å². The van der Waals surface area contributed by atoms with E-state index in [1.807, 2.05) is 6.20 Å². The van der Waals surface area contributed by atoms with Crippen molar-refractivity contribution in [1.82, 2.24) is 15.0 Å². The Morgan fingerprint density at radius 3 is 2.67 bits per heavy atom. The number of fused-ring (bicyclic) bond motifs is 1. The van der Waals surface area contributed by atoms with Gasteiger partial charge in [0.1, 0.15) is 5.52 Å². The van der Waals surface area contributed by atoms with Crippen molar-refractivity contribution in [3.05, 3.63) is 30.2 Å². The zero-order chi connectivity index (χ0) is 12.5. The van der Waals surface area contributed by atoms with E-state index in [-0.39, 0.29) is 0 Å². The fraction of sp³-hybridized carbons (Fsp3) is 0.500. The fourth-order valence-electron chi connectivity index (χ4n) is 3.14. The minimum absolute atomic E-state index is 0.304. The summed E-state index contributed by atoms with van der Waals surface area (Å²) in [7, 11) is 0. The molecule has 0 bridgehead atoms. The Hall–Kier alpha value is -1.55. The first-order valence-electron chi connectivity index (χ1n) is 6.55. The molecule has 2 N–H and O–H groups in total. The molecule has 94 valence electrons. The number of nitrogens with two attached hydrogens (primary N) is 1. The Kier molecular flexibility index (Phi) is 2.96. The van der Waals surface area contributed by atoms with Crippen LogP contribution in [0.1, 0.15) is 37.7 Å². The highest BCUT2D eigenvalue weighted by molar-refractivity contribution is 5.73. The largest absolute Gasteiger partial charge is 0.328 e. The number of nitrogens with zero attached hydrogens (tertiary/aromatic N) is 3. The smallest absolute Gasteiger partial charge is 0.178 e. The van der Waals surface area contributed by atoms with E-state index in [1.165, 1.54) is 12.0 Å². The molecular formula is C14H18N4. The van der Waals surface area contributed by atoms with Crippen molar-refractivity contribution in [2.24, 2.45) is 11.7 Å². The molecule has 1 aliphatic carbocycles. The van der Waals surface area contributed by atoms with E-state index < -0.39 is 0 Å². The van der Waals surface area contributed by atoms with Crippen LogP contribution >= 0.6 is 0 Å². The van der Waals surface area contributed by atoms with Crippen molar-refractivity contribution >= 4 is 11.2 Å². The van der Waals surface area contributed by atoms with Crippen molar-refractivity contribution in [2.75, 3.05) is 0 Å². The molecule has 2 heterocycles. The van der Waals surface area contributed by atoms with Gasteiger partial charge in [-0.05, 0) is 42.7 Å². The molecule has 3 rings (SSSR count). The lowest BCUT2D eigenvalue weighted by molar-refractivity contribution is 0.309. The normalized spacial score (nSPS) is 28.4. The van der Waals surface area contributed by atoms with Gasteiger partial charge in [0.05, 0.1) is 0 Å². The summed E-state index contributed by atoms with van der Waals surface area (Å²) in [5.74, 6) is 1.17. The first kappa shape index (κ1) is 11.5. The highest BCUT2D eigenvalue weighted by Gasteiger charge is 2.27. The second-order valence-corrected chi connectivity index (χ2v) is 5.40. The van der Waals surface area contributed by atoms with Crippen LogP contribution in [0.2, 0.25) is 0 Å². The average Bonchev–Trinajstić information content (AvgIpc) is 2.37. The highest BCUT2D eigenvalue weighted by Crippen LogP contribution is 2.37. The maximum Gasteiger partial charge on any atom is 0.178 e. The van der Waals surface area contributed by atoms with Gasteiger partial charge < -0.3 is 5.73 Å². The zero-order valence-electron chi connectivity index (χ0n) is 10.6. The molecule has 2 aromatic rings. The molecule has 0 radical (unpaired) electrons. The molecule has 1 fully saturated rings. The van der Waals surface area contributed by atoms with Crippen LogP contribution in [0.4, 0.5) is 0 Å². The number of pyridine rings is 1. The average molecular weight is 242 g/mol. The summed E-state index contributed by atoms with van der Waals surface area (Å²) in [5.41, 5.74) is 9.08. The Morgan fingerprint density at radius 1 is 1.06 bits per heavy atom. The molecule has 4 nitrogen and oxygen atoms in total. The van der Waals surface area contributed by atoms with Crippen LogP contribution in [0, 0.1) is 5.92 Å². The maximum absolute atomic E-state index is 6.15. The standard InChI is InChI=1S/C14H18N4/c1-9-6-10(8-11(15)7-9)12-2-3-17-14-13(12)16-4-5-18-14/h2-5,9-11H,6-8,15H2,1H3/t9-,10?,11-/m1/s1. The zero-order valence-corrected chi connectivity index (χ0v) is 10.6. The third-order valence-electron chi connectivity index (χ3n) is 3.82. The Morgan fingerprint density at radius 2 is 1.83 bits per heavy atom. The van der Waals surface area contributed by atoms with Gasteiger partial charge in [0.15, 0.2) is 5.65 Å². The number of hydrogen-bond acceptors (Lipinski definition) is 4. The summed E-state index contributed by atoms with van der Waals surface area (Å²) in [4.78, 5) is 13.0. The van der Waals surface area contributed by atoms with Gasteiger partial charge in [-0.15, -0.1) is 0 Å². The van der Waals surface area contributed by atoms with Gasteiger partial charge in [-0.25, -0.2) is 9.97 Å². The van der Waals surface area contributed by atoms with Crippen LogP contribution in [0.15, 0.2) is 24.7 Å². The van der Waals surface area contributed by atoms with E-state index >= 15 is 0 Å². The van der Waals surface area contributed by atoms with Gasteiger partial charge in [0, 0.05) is 24.6 Å². The van der Waals surface area contributed by atoms with E-state index in [4.69, 9.17) is 5.73 Å². The van der Waals surface area contributed by atoms with Crippen molar-refractivity contribution in [3.8, 4) is 0 Å². The van der Waals surface area contributed by atoms with E-state index in [2.05, 4.69) is 27.9 Å². The molecule has 1 saturated carbocycles. The summed E-state index contributed by atoms with van der Waals surface area (Å²) >= 11 is 0. The van der Waals surface area contributed by atoms with Crippen molar-refractivity contribution in [3.63, 3.8) is 0 Å². The van der Waals surface area contributed by atoms with E-state index in [0.29, 0.717) is 17.9 Å². The van der Waals surface area contributed by atoms with Gasteiger partial charge in [-0.3, -0.25) is 4.98 Å². The van der Waals surface area contributed by atoms with Crippen LogP contribution in [-0.4, -0.2) is 21.0 Å². The third kappa shape index (κ3) is 2.08. The van der Waals surface area contributed by atoms with Crippen molar-refractivity contribution in [2.45, 2.75) is 38.1 Å². The third-order valence-corrected chi connectivity index (χ3v) is 3.82. The van der Waals surface area contributed by atoms with Crippen LogP contribution in [0.25, 0.3) is 11.2 Å². The Bertz CT molecular complexity index is 539. The molecule has 1 aliphatic rings. The number of aromatic nitrogens is 3. The number of hydrogen-bond donors (Lipinski definition) is 1. The monoisotopic (exact) mass is 242 g/mol. The van der Waals surface area contributed by atoms with Gasteiger partial charge in [-0.2, -0.15) is 0 Å². The molecule has 3 atom stereocenters. The minimum Gasteiger partial charge on any atom is -0.328 e. The Balaban J connectivity index is 2.03. The van der Waals surface area contributed by atoms with E-state index in [1.54, 1.807) is 12.4 Å². The summed E-state index contributed by atoms with van der Waals surface area (Å²) in [6, 6.07) is 2.38. The first-order chi connectivity index (χ1) is 8.74. The molecular weight excluding hydrogens is 224 g/mol. The summed E-state index contributed by atoms with van der Waals surface area (Å²) < 4.78 is 0. The quantitative estimate of drug-likeness (QED) is 0.833. The SMILES string of the molecule is C[C@@H]1CC(c2ccnc3nccnc23)C[C@H](N)C1. The molecule has 1 unspecified atom stereocenters. The molecule has 0 aliphatic heterocycles. The van der Waals surface area contributed by atoms with Crippen molar-refractivity contribution in [1.29, 1.82) is 0 Å². The molecule has 0 saturated heterocycles. The van der Waals surface area contributed by atoms with Crippen LogP contribution in [0.5, 0.6) is 0 Å². The Labute approximate surface area is 107 Å². The summed E-state index contributed by atoms with van der Waals surface area (Å²) in [5, 5.41) is 0. The first-order valence-corrected chi connectivity index (χ1v) is 6.55. The lowest BCUT2D eigenvalue weighted by Gasteiger charge is -2.31. The maximum atomic E-state index is 6.15. The van der Waals surface area contributed by atoms with Gasteiger partial charge in [0.25, 0.3) is 0 Å². The van der Waals surface area contributed by atoms with Crippen molar-refractivity contribution < 1.29 is 0 Å². The topological polar surface area (TPSA) is 64.7 Å². The fourth-order valence-corrected chi connectivity index (χ4v) is 3.14. The number of rotatable bonds is 1. The minimum atomic E-state index is 0.304. The molecule has 0 amide bonds. The summed E-state index contributed by atoms with van der Waals surface area (Å²) in [6.07, 6.45) is 8.61. The van der Waals surface area contributed by atoms with E-state index in [9.17, 15) is 0 Å². The highest BCUT2D eigenvalue weighted by atomic mass is 14.9. The lowest BCUT2D eigenvalue weighted by atomic mass is 9.76. The molecule has 0 spiro atoms. The van der Waals surface area contributed by atoms with Gasteiger partial charge in [0.2, 0.25) is 0 Å². The second-order valence-electron chi connectivity index (χ2n) is 5.40. The predicted octanol–water partition coefficient (Wildman–Crippen LogP) is 2.26. The van der Waals surface area contributed by atoms with Gasteiger partial charge in [-0.1, -0.05) is 6.92 Å². The van der Waals surface area contributed by atoms with Crippen LogP contribution in [0.3, 0.4) is 0 Å². The molecule has 2 aromatic heterocycles. The molecule has 0 aromatic carbocycles. The predicted molar refractivity (Wildman–Crippen MR) is 71.1 cm³/mol. The van der Waals surface area contributed by atoms with Gasteiger partial charge >= 0.3 is 0 Å².